The molecule has 0 aliphatic carbocycles. The molecule has 3 heteroatoms. The summed E-state index contributed by atoms with van der Waals surface area (Å²) in [6, 6.07) is 13.2. The molecule has 0 amide bonds. The third-order valence-corrected chi connectivity index (χ3v) is 3.51. The van der Waals surface area contributed by atoms with Gasteiger partial charge in [0.25, 0.3) is 0 Å². The molecule has 0 aromatic heterocycles. The minimum Gasteiger partial charge on any atom is -0.496 e. The molecule has 2 aromatic carbocycles. The van der Waals surface area contributed by atoms with Crippen molar-refractivity contribution in [1.82, 2.24) is 0 Å². The van der Waals surface area contributed by atoms with E-state index < -0.39 is 6.10 Å². The first-order valence-electron chi connectivity index (χ1n) is 6.26. The lowest BCUT2D eigenvalue weighted by molar-refractivity contribution is 0.215. The number of aliphatic hydroxyl groups is 1. The molecule has 2 aromatic rings. The molecule has 0 saturated carbocycles. The van der Waals surface area contributed by atoms with Gasteiger partial charge in [0.05, 0.1) is 12.1 Å². The maximum Gasteiger partial charge on any atom is 0.126 e. The van der Waals surface area contributed by atoms with Crippen LogP contribution in [0.2, 0.25) is 5.02 Å². The summed E-state index contributed by atoms with van der Waals surface area (Å²) >= 11 is 6.19. The van der Waals surface area contributed by atoms with E-state index in [1.165, 1.54) is 5.56 Å². The van der Waals surface area contributed by atoms with Crippen LogP contribution in [0.3, 0.4) is 0 Å². The standard InChI is InChI=1S/C16H17ClO2/c1-3-11-6-4-7-12(10-11)16(18)15-13(17)8-5-9-14(15)19-2/h4-10,16,18H,3H2,1-2H3. The second-order valence-electron chi connectivity index (χ2n) is 4.36. The van der Waals surface area contributed by atoms with Crippen molar-refractivity contribution < 1.29 is 9.84 Å². The molecule has 0 saturated heterocycles. The van der Waals surface area contributed by atoms with E-state index in [2.05, 4.69) is 6.92 Å². The molecule has 0 fully saturated rings. The van der Waals surface area contributed by atoms with Crippen molar-refractivity contribution in [3.8, 4) is 5.75 Å². The monoisotopic (exact) mass is 276 g/mol. The summed E-state index contributed by atoms with van der Waals surface area (Å²) in [6.45, 7) is 2.08. The number of halogens is 1. The van der Waals surface area contributed by atoms with Crippen LogP contribution >= 0.6 is 11.6 Å². The Balaban J connectivity index is 2.46. The largest absolute Gasteiger partial charge is 0.496 e. The maximum atomic E-state index is 10.5. The highest BCUT2D eigenvalue weighted by atomic mass is 35.5. The molecule has 1 atom stereocenters. The van der Waals surface area contributed by atoms with Crippen molar-refractivity contribution in [2.45, 2.75) is 19.4 Å². The second-order valence-corrected chi connectivity index (χ2v) is 4.76. The van der Waals surface area contributed by atoms with Gasteiger partial charge < -0.3 is 9.84 Å². The van der Waals surface area contributed by atoms with Crippen molar-refractivity contribution >= 4 is 11.6 Å². The van der Waals surface area contributed by atoms with Gasteiger partial charge in [0, 0.05) is 5.56 Å². The molecular weight excluding hydrogens is 260 g/mol. The van der Waals surface area contributed by atoms with Gasteiger partial charge >= 0.3 is 0 Å². The molecule has 0 bridgehead atoms. The molecule has 2 rings (SSSR count). The SMILES string of the molecule is CCc1cccc(C(O)c2c(Cl)cccc2OC)c1. The fourth-order valence-electron chi connectivity index (χ4n) is 2.11. The molecule has 2 nitrogen and oxygen atoms in total. The van der Waals surface area contributed by atoms with Crippen LogP contribution in [0.1, 0.15) is 29.7 Å². The van der Waals surface area contributed by atoms with Crippen LogP contribution in [0.5, 0.6) is 5.75 Å². The number of benzene rings is 2. The fraction of sp³-hybridized carbons (Fsp3) is 0.250. The average Bonchev–Trinajstić information content (AvgIpc) is 2.46. The van der Waals surface area contributed by atoms with E-state index in [1.54, 1.807) is 25.3 Å². The number of methoxy groups -OCH3 is 1. The number of hydrogen-bond acceptors (Lipinski definition) is 2. The topological polar surface area (TPSA) is 29.5 Å². The van der Waals surface area contributed by atoms with Crippen LogP contribution in [0.4, 0.5) is 0 Å². The normalized spacial score (nSPS) is 12.2. The fourth-order valence-corrected chi connectivity index (χ4v) is 2.38. The highest BCUT2D eigenvalue weighted by molar-refractivity contribution is 6.31. The molecule has 19 heavy (non-hydrogen) atoms. The number of aliphatic hydroxyl groups excluding tert-OH is 1. The summed E-state index contributed by atoms with van der Waals surface area (Å²) in [5, 5.41) is 11.0. The van der Waals surface area contributed by atoms with Gasteiger partial charge in [-0.05, 0) is 29.7 Å². The van der Waals surface area contributed by atoms with Gasteiger partial charge in [-0.1, -0.05) is 48.9 Å². The smallest absolute Gasteiger partial charge is 0.126 e. The highest BCUT2D eigenvalue weighted by Gasteiger charge is 2.18. The van der Waals surface area contributed by atoms with Crippen molar-refractivity contribution in [2.24, 2.45) is 0 Å². The Morgan fingerprint density at radius 2 is 1.95 bits per heavy atom. The van der Waals surface area contributed by atoms with E-state index >= 15 is 0 Å². The van der Waals surface area contributed by atoms with E-state index in [1.807, 2.05) is 24.3 Å². The summed E-state index contributed by atoms with van der Waals surface area (Å²) < 4.78 is 5.28. The molecule has 0 heterocycles. The molecule has 1 unspecified atom stereocenters. The van der Waals surface area contributed by atoms with Gasteiger partial charge in [-0.2, -0.15) is 0 Å². The lowest BCUT2D eigenvalue weighted by Gasteiger charge is -2.17. The van der Waals surface area contributed by atoms with E-state index in [0.29, 0.717) is 16.3 Å². The Morgan fingerprint density at radius 1 is 1.21 bits per heavy atom. The maximum absolute atomic E-state index is 10.5. The highest BCUT2D eigenvalue weighted by Crippen LogP contribution is 2.35. The summed E-state index contributed by atoms with van der Waals surface area (Å²) in [5.74, 6) is 0.599. The molecule has 1 N–H and O–H groups in total. The van der Waals surface area contributed by atoms with Crippen LogP contribution in [0.25, 0.3) is 0 Å². The van der Waals surface area contributed by atoms with E-state index in [4.69, 9.17) is 16.3 Å². The second kappa shape index (κ2) is 6.09. The van der Waals surface area contributed by atoms with E-state index in [-0.39, 0.29) is 0 Å². The molecule has 100 valence electrons. The Kier molecular flexibility index (Phi) is 4.46. The van der Waals surface area contributed by atoms with Crippen molar-refractivity contribution in [3.05, 3.63) is 64.2 Å². The van der Waals surface area contributed by atoms with Gasteiger partial charge in [0.1, 0.15) is 11.9 Å². The Bertz CT molecular complexity index is 566. The van der Waals surface area contributed by atoms with Crippen LogP contribution in [-0.2, 0) is 6.42 Å². The van der Waals surface area contributed by atoms with Gasteiger partial charge in [0.2, 0.25) is 0 Å². The number of rotatable bonds is 4. The minimum atomic E-state index is -0.782. The predicted octanol–water partition coefficient (Wildman–Crippen LogP) is 3.99. The first kappa shape index (κ1) is 13.9. The number of ether oxygens (including phenoxy) is 1. The number of hydrogen-bond donors (Lipinski definition) is 1. The van der Waals surface area contributed by atoms with E-state index in [9.17, 15) is 5.11 Å². The first-order chi connectivity index (χ1) is 9.17. The van der Waals surface area contributed by atoms with Gasteiger partial charge in [-0.3, -0.25) is 0 Å². The zero-order valence-corrected chi connectivity index (χ0v) is 11.8. The van der Waals surface area contributed by atoms with Crippen molar-refractivity contribution in [1.29, 1.82) is 0 Å². The predicted molar refractivity (Wildman–Crippen MR) is 77.9 cm³/mol. The lowest BCUT2D eigenvalue weighted by atomic mass is 9.98. The summed E-state index contributed by atoms with van der Waals surface area (Å²) in [7, 11) is 1.57. The van der Waals surface area contributed by atoms with Crippen LogP contribution < -0.4 is 4.74 Å². The van der Waals surface area contributed by atoms with Crippen molar-refractivity contribution in [3.63, 3.8) is 0 Å². The van der Waals surface area contributed by atoms with Gasteiger partial charge in [-0.25, -0.2) is 0 Å². The third-order valence-electron chi connectivity index (χ3n) is 3.18. The van der Waals surface area contributed by atoms with Crippen molar-refractivity contribution in [2.75, 3.05) is 7.11 Å². The molecule has 0 radical (unpaired) electrons. The zero-order valence-electron chi connectivity index (χ0n) is 11.1. The Labute approximate surface area is 118 Å². The van der Waals surface area contributed by atoms with Crippen LogP contribution in [0, 0.1) is 0 Å². The molecule has 0 aliphatic rings. The zero-order chi connectivity index (χ0) is 13.8. The summed E-state index contributed by atoms with van der Waals surface area (Å²) in [6.07, 6.45) is 0.149. The quantitative estimate of drug-likeness (QED) is 0.915. The Morgan fingerprint density at radius 3 is 2.63 bits per heavy atom. The minimum absolute atomic E-state index is 0.508. The van der Waals surface area contributed by atoms with Crippen LogP contribution in [-0.4, -0.2) is 12.2 Å². The Hall–Kier alpha value is -1.51. The van der Waals surface area contributed by atoms with Crippen LogP contribution in [0.15, 0.2) is 42.5 Å². The van der Waals surface area contributed by atoms with Gasteiger partial charge in [-0.15, -0.1) is 0 Å². The van der Waals surface area contributed by atoms with Gasteiger partial charge in [0.15, 0.2) is 0 Å². The lowest BCUT2D eigenvalue weighted by Crippen LogP contribution is -2.04. The third kappa shape index (κ3) is 2.91. The average molecular weight is 277 g/mol. The summed E-state index contributed by atoms with van der Waals surface area (Å²) in [4.78, 5) is 0. The first-order valence-corrected chi connectivity index (χ1v) is 6.64. The molecule has 0 aliphatic heterocycles. The van der Waals surface area contributed by atoms with E-state index in [0.717, 1.165) is 12.0 Å². The molecule has 0 spiro atoms. The number of aryl methyl sites for hydroxylation is 1. The summed E-state index contributed by atoms with van der Waals surface area (Å²) in [5.41, 5.74) is 2.62. The molecular formula is C16H17ClO2.